The Morgan fingerprint density at radius 1 is 1.03 bits per heavy atom. The molecule has 0 bridgehead atoms. The van der Waals surface area contributed by atoms with Gasteiger partial charge in [0.1, 0.15) is 5.76 Å². The molecule has 7 nitrogen and oxygen atoms in total. The third-order valence-electron chi connectivity index (χ3n) is 6.66. The van der Waals surface area contributed by atoms with Gasteiger partial charge in [-0.2, -0.15) is 0 Å². The van der Waals surface area contributed by atoms with Crippen LogP contribution in [0.1, 0.15) is 38.5 Å². The first-order valence-electron chi connectivity index (χ1n) is 11.3. The molecule has 3 aliphatic rings. The van der Waals surface area contributed by atoms with Crippen molar-refractivity contribution in [2.24, 2.45) is 9.98 Å². The predicted octanol–water partition coefficient (Wildman–Crippen LogP) is 3.83. The molecule has 7 heteroatoms. The SMILES string of the molecule is Cc1noc(C)c1-c1cc(C2=NCC=N2)c2c(c1)-c1ccc(C(=O)N3CCOCC3)cc1C2. The lowest BCUT2D eigenvalue weighted by Gasteiger charge is -2.27. The number of carbonyl (C=O) groups is 1. The monoisotopic (exact) mass is 440 g/mol. The van der Waals surface area contributed by atoms with E-state index < -0.39 is 0 Å². The van der Waals surface area contributed by atoms with Gasteiger partial charge >= 0.3 is 0 Å². The number of morpholine rings is 1. The largest absolute Gasteiger partial charge is 0.378 e. The summed E-state index contributed by atoms with van der Waals surface area (Å²) in [4.78, 5) is 24.1. The summed E-state index contributed by atoms with van der Waals surface area (Å²) in [7, 11) is 0. The van der Waals surface area contributed by atoms with Crippen LogP contribution in [-0.4, -0.2) is 60.9 Å². The molecule has 0 radical (unpaired) electrons. The second-order valence-electron chi connectivity index (χ2n) is 8.68. The lowest BCUT2D eigenvalue weighted by atomic mass is 9.93. The summed E-state index contributed by atoms with van der Waals surface area (Å²) in [5, 5.41) is 4.15. The van der Waals surface area contributed by atoms with Crippen LogP contribution in [0.3, 0.4) is 0 Å². The Morgan fingerprint density at radius 3 is 2.58 bits per heavy atom. The molecule has 6 rings (SSSR count). The Balaban J connectivity index is 1.46. The summed E-state index contributed by atoms with van der Waals surface area (Å²) in [6.45, 7) is 6.96. The molecule has 0 N–H and O–H groups in total. The molecule has 1 saturated heterocycles. The standard InChI is InChI=1S/C26H24N4O3/c1-15-24(16(2)33-29-15)19-13-21-20-4-3-17(26(31)30-7-9-32-10-8-30)11-18(20)12-22(21)23(14-19)25-27-5-6-28-25/h3-5,11,13-14H,6-10,12H2,1-2H3. The van der Waals surface area contributed by atoms with Crippen LogP contribution in [-0.2, 0) is 11.2 Å². The van der Waals surface area contributed by atoms with Crippen LogP contribution in [0.5, 0.6) is 0 Å². The van der Waals surface area contributed by atoms with Crippen LogP contribution in [0.15, 0.2) is 44.8 Å². The van der Waals surface area contributed by atoms with Crippen LogP contribution >= 0.6 is 0 Å². The van der Waals surface area contributed by atoms with Crippen LogP contribution in [0, 0.1) is 13.8 Å². The molecular formula is C26H24N4O3. The van der Waals surface area contributed by atoms with Gasteiger partial charge in [-0.05, 0) is 72.4 Å². The fourth-order valence-corrected chi connectivity index (χ4v) is 5.07. The molecule has 0 atom stereocenters. The highest BCUT2D eigenvalue weighted by molar-refractivity contribution is 6.10. The van der Waals surface area contributed by atoms with E-state index in [2.05, 4.69) is 33.3 Å². The Morgan fingerprint density at radius 2 is 1.85 bits per heavy atom. The van der Waals surface area contributed by atoms with E-state index in [4.69, 9.17) is 9.26 Å². The van der Waals surface area contributed by atoms with Gasteiger partial charge in [0.2, 0.25) is 0 Å². The number of hydrogen-bond donors (Lipinski definition) is 0. The molecule has 0 spiro atoms. The van der Waals surface area contributed by atoms with Gasteiger partial charge in [-0.15, -0.1) is 0 Å². The van der Waals surface area contributed by atoms with Gasteiger partial charge in [0.15, 0.2) is 5.84 Å². The fraction of sp³-hybridized carbons (Fsp3) is 0.308. The molecular weight excluding hydrogens is 416 g/mol. The van der Waals surface area contributed by atoms with Crippen molar-refractivity contribution >= 4 is 18.0 Å². The first-order valence-corrected chi connectivity index (χ1v) is 11.3. The molecule has 0 saturated carbocycles. The van der Waals surface area contributed by atoms with Crippen LogP contribution in [0.25, 0.3) is 22.3 Å². The maximum Gasteiger partial charge on any atom is 0.254 e. The number of amides is 1. The number of hydrogen-bond acceptors (Lipinski definition) is 6. The minimum Gasteiger partial charge on any atom is -0.378 e. The molecule has 3 aromatic rings. The zero-order valence-corrected chi connectivity index (χ0v) is 18.7. The highest BCUT2D eigenvalue weighted by atomic mass is 16.5. The van der Waals surface area contributed by atoms with Crippen molar-refractivity contribution in [3.05, 3.63) is 64.0 Å². The number of nitrogens with zero attached hydrogens (tertiary/aromatic N) is 4. The predicted molar refractivity (Wildman–Crippen MR) is 126 cm³/mol. The quantitative estimate of drug-likeness (QED) is 0.485. The highest BCUT2D eigenvalue weighted by Crippen LogP contribution is 2.43. The molecule has 1 fully saturated rings. The number of aromatic nitrogens is 1. The van der Waals surface area contributed by atoms with Gasteiger partial charge in [-0.25, -0.2) is 4.99 Å². The lowest BCUT2D eigenvalue weighted by molar-refractivity contribution is 0.0303. The first-order chi connectivity index (χ1) is 16.1. The van der Waals surface area contributed by atoms with Crippen LogP contribution < -0.4 is 0 Å². The van der Waals surface area contributed by atoms with E-state index in [9.17, 15) is 4.79 Å². The van der Waals surface area contributed by atoms with E-state index in [0.717, 1.165) is 62.7 Å². The number of fused-ring (bicyclic) bond motifs is 3. The second kappa shape index (κ2) is 7.78. The van der Waals surface area contributed by atoms with E-state index in [-0.39, 0.29) is 5.91 Å². The molecule has 0 unspecified atom stereocenters. The van der Waals surface area contributed by atoms with Crippen LogP contribution in [0.4, 0.5) is 0 Å². The van der Waals surface area contributed by atoms with E-state index in [0.29, 0.717) is 32.8 Å². The Kier molecular flexibility index (Phi) is 4.73. The fourth-order valence-electron chi connectivity index (χ4n) is 5.07. The minimum atomic E-state index is 0.0680. The number of carbonyl (C=O) groups excluding carboxylic acids is 1. The summed E-state index contributed by atoms with van der Waals surface area (Å²) >= 11 is 0. The number of aliphatic imine (C=N–C) groups is 2. The molecule has 2 aliphatic heterocycles. The van der Waals surface area contributed by atoms with E-state index >= 15 is 0 Å². The van der Waals surface area contributed by atoms with E-state index in [1.165, 1.54) is 5.56 Å². The molecule has 1 amide bonds. The summed E-state index contributed by atoms with van der Waals surface area (Å²) in [5.41, 5.74) is 9.35. The second-order valence-corrected chi connectivity index (χ2v) is 8.68. The smallest absolute Gasteiger partial charge is 0.254 e. The summed E-state index contributed by atoms with van der Waals surface area (Å²) in [6.07, 6.45) is 2.59. The summed E-state index contributed by atoms with van der Waals surface area (Å²) < 4.78 is 10.8. The summed E-state index contributed by atoms with van der Waals surface area (Å²) in [5.74, 6) is 1.62. The van der Waals surface area contributed by atoms with Gasteiger partial charge in [-0.1, -0.05) is 11.2 Å². The van der Waals surface area contributed by atoms with E-state index in [1.807, 2.05) is 37.1 Å². The molecule has 3 heterocycles. The normalized spacial score (nSPS) is 16.7. The van der Waals surface area contributed by atoms with Crippen molar-refractivity contribution < 1.29 is 14.1 Å². The van der Waals surface area contributed by atoms with Crippen molar-refractivity contribution in [3.8, 4) is 22.3 Å². The average molecular weight is 441 g/mol. The third kappa shape index (κ3) is 3.31. The van der Waals surface area contributed by atoms with Gasteiger partial charge in [0.05, 0.1) is 25.5 Å². The molecule has 1 aromatic heterocycles. The lowest BCUT2D eigenvalue weighted by Crippen LogP contribution is -2.40. The topological polar surface area (TPSA) is 80.3 Å². The summed E-state index contributed by atoms with van der Waals surface area (Å²) in [6, 6.07) is 10.4. The Bertz CT molecular complexity index is 1330. The van der Waals surface area contributed by atoms with Crippen molar-refractivity contribution in [1.29, 1.82) is 0 Å². The molecule has 33 heavy (non-hydrogen) atoms. The van der Waals surface area contributed by atoms with Crippen LogP contribution in [0.2, 0.25) is 0 Å². The third-order valence-corrected chi connectivity index (χ3v) is 6.66. The number of benzene rings is 2. The number of amidine groups is 1. The maximum absolute atomic E-state index is 13.0. The van der Waals surface area contributed by atoms with Gasteiger partial charge in [0.25, 0.3) is 5.91 Å². The van der Waals surface area contributed by atoms with Crippen molar-refractivity contribution in [2.75, 3.05) is 32.8 Å². The number of rotatable bonds is 3. The molecule has 2 aromatic carbocycles. The number of aryl methyl sites for hydroxylation is 2. The first kappa shape index (κ1) is 20.1. The Labute approximate surface area is 191 Å². The zero-order valence-electron chi connectivity index (χ0n) is 18.7. The van der Waals surface area contributed by atoms with Crippen molar-refractivity contribution in [3.63, 3.8) is 0 Å². The van der Waals surface area contributed by atoms with Gasteiger partial charge in [0, 0.05) is 36.0 Å². The maximum atomic E-state index is 13.0. The highest BCUT2D eigenvalue weighted by Gasteiger charge is 2.28. The van der Waals surface area contributed by atoms with Gasteiger partial charge < -0.3 is 14.2 Å². The van der Waals surface area contributed by atoms with E-state index in [1.54, 1.807) is 0 Å². The number of ether oxygens (including phenoxy) is 1. The van der Waals surface area contributed by atoms with Crippen molar-refractivity contribution in [2.45, 2.75) is 20.3 Å². The Hall–Kier alpha value is -3.58. The molecule has 166 valence electrons. The minimum absolute atomic E-state index is 0.0680. The van der Waals surface area contributed by atoms with Crippen molar-refractivity contribution in [1.82, 2.24) is 10.1 Å². The van der Waals surface area contributed by atoms with Gasteiger partial charge in [-0.3, -0.25) is 9.79 Å². The molecule has 1 aliphatic carbocycles. The zero-order chi connectivity index (χ0) is 22.5. The average Bonchev–Trinajstić information content (AvgIpc) is 3.57.